The van der Waals surface area contributed by atoms with Gasteiger partial charge in [0, 0.05) is 23.5 Å². The van der Waals surface area contributed by atoms with Gasteiger partial charge in [0.05, 0.1) is 21.5 Å². The first-order valence-corrected chi connectivity index (χ1v) is 12.0. The van der Waals surface area contributed by atoms with E-state index in [0.717, 1.165) is 41.9 Å². The quantitative estimate of drug-likeness (QED) is 0.281. The summed E-state index contributed by atoms with van der Waals surface area (Å²) in [6.07, 6.45) is 3.86. The molecule has 3 aromatic carbocycles. The molecule has 0 bridgehead atoms. The van der Waals surface area contributed by atoms with Crippen molar-refractivity contribution in [2.75, 3.05) is 0 Å². The third-order valence-electron chi connectivity index (χ3n) is 5.00. The monoisotopic (exact) mass is 454 g/mol. The van der Waals surface area contributed by atoms with Crippen LogP contribution in [-0.4, -0.2) is 18.7 Å². The minimum Gasteiger partial charge on any atom is -0.244 e. The van der Waals surface area contributed by atoms with Gasteiger partial charge < -0.3 is 0 Å². The molecule has 31 heavy (non-hydrogen) atoms. The van der Waals surface area contributed by atoms with E-state index in [0.29, 0.717) is 0 Å². The molecule has 3 heterocycles. The zero-order chi connectivity index (χ0) is 20.6. The van der Waals surface area contributed by atoms with E-state index in [9.17, 15) is 0 Å². The Morgan fingerprint density at radius 1 is 0.516 bits per heavy atom. The maximum atomic E-state index is 4.68. The van der Waals surface area contributed by atoms with Gasteiger partial charge in [-0.3, -0.25) is 0 Å². The van der Waals surface area contributed by atoms with E-state index >= 15 is 0 Å². The molecule has 0 aliphatic rings. The van der Waals surface area contributed by atoms with Crippen molar-refractivity contribution in [2.24, 2.45) is 0 Å². The number of nitrogens with zero attached hydrogens (tertiary/aromatic N) is 4. The van der Waals surface area contributed by atoms with Gasteiger partial charge in [-0.1, -0.05) is 60.7 Å². The molecular formula is C24H14N4S3. The van der Waals surface area contributed by atoms with Crippen LogP contribution in [0.2, 0.25) is 0 Å². The Morgan fingerprint density at radius 3 is 1.42 bits per heavy atom. The molecule has 0 aliphatic heterocycles. The standard InChI is InChI=1S/C24H14N4S3/c1-3-7-15(8-4-1)19-13-25-23(29-19)17-11-12-18(22-21(17)27-31-28-22)24-26-14-20(30-24)16-9-5-2-6-10-16/h1-14H. The molecule has 0 radical (unpaired) electrons. The Morgan fingerprint density at radius 2 is 0.968 bits per heavy atom. The lowest BCUT2D eigenvalue weighted by molar-refractivity contribution is 1.40. The smallest absolute Gasteiger partial charge is 0.126 e. The number of hydrogen-bond donors (Lipinski definition) is 0. The molecule has 0 spiro atoms. The summed E-state index contributed by atoms with van der Waals surface area (Å²) in [5.41, 5.74) is 6.14. The summed E-state index contributed by atoms with van der Waals surface area (Å²) in [6.45, 7) is 0. The van der Waals surface area contributed by atoms with Crippen LogP contribution in [0.3, 0.4) is 0 Å². The van der Waals surface area contributed by atoms with E-state index in [-0.39, 0.29) is 0 Å². The molecule has 0 atom stereocenters. The average molecular weight is 455 g/mol. The molecule has 3 aromatic heterocycles. The summed E-state index contributed by atoms with van der Waals surface area (Å²) in [5.74, 6) is 0. The van der Waals surface area contributed by atoms with Gasteiger partial charge in [0.25, 0.3) is 0 Å². The van der Waals surface area contributed by atoms with Crippen LogP contribution < -0.4 is 0 Å². The number of fused-ring (bicyclic) bond motifs is 1. The summed E-state index contributed by atoms with van der Waals surface area (Å²) >= 11 is 4.58. The molecular weight excluding hydrogens is 440 g/mol. The van der Waals surface area contributed by atoms with Crippen LogP contribution in [-0.2, 0) is 0 Å². The first-order chi connectivity index (χ1) is 15.4. The van der Waals surface area contributed by atoms with Crippen LogP contribution in [0.4, 0.5) is 0 Å². The van der Waals surface area contributed by atoms with Gasteiger partial charge in [-0.2, -0.15) is 8.75 Å². The predicted molar refractivity (Wildman–Crippen MR) is 131 cm³/mol. The van der Waals surface area contributed by atoms with Crippen molar-refractivity contribution in [2.45, 2.75) is 0 Å². The van der Waals surface area contributed by atoms with Gasteiger partial charge in [-0.15, -0.1) is 22.7 Å². The second-order valence-corrected chi connectivity index (χ2v) is 9.50. The van der Waals surface area contributed by atoms with Gasteiger partial charge in [0.15, 0.2) is 0 Å². The van der Waals surface area contributed by atoms with Crippen molar-refractivity contribution in [1.82, 2.24) is 18.7 Å². The zero-order valence-corrected chi connectivity index (χ0v) is 18.5. The highest BCUT2D eigenvalue weighted by molar-refractivity contribution is 7.19. The van der Waals surface area contributed by atoms with Crippen molar-refractivity contribution < 1.29 is 0 Å². The van der Waals surface area contributed by atoms with E-state index in [2.05, 4.69) is 55.1 Å². The molecule has 7 heteroatoms. The van der Waals surface area contributed by atoms with E-state index < -0.39 is 0 Å². The third kappa shape index (κ3) is 3.37. The Kier molecular flexibility index (Phi) is 4.64. The lowest BCUT2D eigenvalue weighted by Gasteiger charge is -2.02. The Balaban J connectivity index is 1.41. The van der Waals surface area contributed by atoms with Gasteiger partial charge in [-0.25, -0.2) is 9.97 Å². The minimum atomic E-state index is 0.882. The third-order valence-corrected chi connectivity index (χ3v) is 7.69. The van der Waals surface area contributed by atoms with Gasteiger partial charge in [-0.05, 0) is 23.3 Å². The normalized spacial score (nSPS) is 11.2. The number of hydrogen-bond acceptors (Lipinski definition) is 7. The molecule has 0 saturated carbocycles. The molecule has 0 N–H and O–H groups in total. The van der Waals surface area contributed by atoms with Crippen LogP contribution in [0.15, 0.2) is 85.2 Å². The van der Waals surface area contributed by atoms with Crippen molar-refractivity contribution in [3.63, 3.8) is 0 Å². The highest BCUT2D eigenvalue weighted by atomic mass is 32.1. The van der Waals surface area contributed by atoms with Gasteiger partial charge in [0.2, 0.25) is 0 Å². The van der Waals surface area contributed by atoms with Crippen LogP contribution in [0, 0.1) is 0 Å². The molecule has 0 fully saturated rings. The zero-order valence-electron chi connectivity index (χ0n) is 16.1. The molecule has 148 valence electrons. The van der Waals surface area contributed by atoms with Crippen molar-refractivity contribution >= 4 is 45.4 Å². The van der Waals surface area contributed by atoms with Crippen LogP contribution >= 0.6 is 34.4 Å². The fraction of sp³-hybridized carbons (Fsp3) is 0. The summed E-state index contributed by atoms with van der Waals surface area (Å²) in [7, 11) is 0. The van der Waals surface area contributed by atoms with Crippen molar-refractivity contribution in [1.29, 1.82) is 0 Å². The Bertz CT molecular complexity index is 1370. The van der Waals surface area contributed by atoms with Gasteiger partial charge in [0.1, 0.15) is 21.0 Å². The fourth-order valence-corrected chi connectivity index (χ4v) is 5.95. The number of thiazole rings is 2. The van der Waals surface area contributed by atoms with Crippen LogP contribution in [0.25, 0.3) is 53.1 Å². The average Bonchev–Trinajstić information content (AvgIpc) is 3.60. The molecule has 0 unspecified atom stereocenters. The maximum absolute atomic E-state index is 4.68. The van der Waals surface area contributed by atoms with E-state index in [1.165, 1.54) is 22.9 Å². The number of benzene rings is 3. The minimum absolute atomic E-state index is 0.882. The number of rotatable bonds is 4. The van der Waals surface area contributed by atoms with Crippen molar-refractivity contribution in [3.8, 4) is 42.0 Å². The first kappa shape index (κ1) is 18.5. The molecule has 4 nitrogen and oxygen atoms in total. The lowest BCUT2D eigenvalue weighted by atomic mass is 10.1. The summed E-state index contributed by atoms with van der Waals surface area (Å²) in [5, 5.41) is 1.90. The highest BCUT2D eigenvalue weighted by Crippen LogP contribution is 2.40. The van der Waals surface area contributed by atoms with Gasteiger partial charge >= 0.3 is 0 Å². The largest absolute Gasteiger partial charge is 0.244 e. The second kappa shape index (κ2) is 7.77. The Labute approximate surface area is 190 Å². The SMILES string of the molecule is c1ccc(-c2cnc(-c3ccc(-c4ncc(-c5ccccc5)s4)c4nsnc34)s2)cc1. The van der Waals surface area contributed by atoms with Crippen LogP contribution in [0.1, 0.15) is 0 Å². The first-order valence-electron chi connectivity index (χ1n) is 9.65. The van der Waals surface area contributed by atoms with Crippen molar-refractivity contribution in [3.05, 3.63) is 85.2 Å². The molecule has 0 aliphatic carbocycles. The van der Waals surface area contributed by atoms with E-state index in [1.54, 1.807) is 22.7 Å². The summed E-state index contributed by atoms with van der Waals surface area (Å²) in [6, 6.07) is 24.8. The fourth-order valence-electron chi connectivity index (χ4n) is 3.48. The molecule has 6 aromatic rings. The predicted octanol–water partition coefficient (Wildman–Crippen LogP) is 7.27. The van der Waals surface area contributed by atoms with Crippen LogP contribution in [0.5, 0.6) is 0 Å². The van der Waals surface area contributed by atoms with E-state index in [1.807, 2.05) is 48.8 Å². The summed E-state index contributed by atoms with van der Waals surface area (Å²) < 4.78 is 9.20. The summed E-state index contributed by atoms with van der Waals surface area (Å²) in [4.78, 5) is 11.6. The van der Waals surface area contributed by atoms with E-state index in [4.69, 9.17) is 0 Å². The lowest BCUT2D eigenvalue weighted by Crippen LogP contribution is -1.84. The Hall–Kier alpha value is -3.26. The molecule has 0 amide bonds. The maximum Gasteiger partial charge on any atom is 0.126 e. The molecule has 6 rings (SSSR count). The number of aromatic nitrogens is 4. The topological polar surface area (TPSA) is 51.6 Å². The molecule has 0 saturated heterocycles. The highest BCUT2D eigenvalue weighted by Gasteiger charge is 2.18. The second-order valence-electron chi connectivity index (χ2n) is 6.91.